The number of benzene rings is 2. The van der Waals surface area contributed by atoms with Gasteiger partial charge in [0.05, 0.1) is 12.8 Å². The van der Waals surface area contributed by atoms with E-state index in [9.17, 15) is 14.7 Å². The van der Waals surface area contributed by atoms with E-state index in [0.29, 0.717) is 23.5 Å². The molecule has 0 aliphatic carbocycles. The number of hydrazone groups is 1. The zero-order chi connectivity index (χ0) is 22.1. The van der Waals surface area contributed by atoms with Crippen LogP contribution >= 0.6 is 11.3 Å². The van der Waals surface area contributed by atoms with Gasteiger partial charge in [-0.1, -0.05) is 24.3 Å². The number of nitrogens with one attached hydrogen (secondary N) is 2. The summed E-state index contributed by atoms with van der Waals surface area (Å²) >= 11 is 1.44. The summed E-state index contributed by atoms with van der Waals surface area (Å²) in [5, 5.41) is 18.2. The summed E-state index contributed by atoms with van der Waals surface area (Å²) in [7, 11) is 0. The van der Waals surface area contributed by atoms with Gasteiger partial charge in [-0.2, -0.15) is 5.10 Å². The van der Waals surface area contributed by atoms with Crippen LogP contribution in [0.2, 0.25) is 0 Å². The molecule has 0 saturated carbocycles. The Bertz CT molecular complexity index is 1090. The first kappa shape index (κ1) is 21.8. The van der Waals surface area contributed by atoms with Crippen LogP contribution in [0.15, 0.2) is 76.8 Å². The molecular formula is C23H21N3O4S. The average Bonchev–Trinajstić information content (AvgIpc) is 3.29. The third kappa shape index (κ3) is 6.28. The first-order valence-electron chi connectivity index (χ1n) is 9.47. The van der Waals surface area contributed by atoms with Gasteiger partial charge in [-0.25, -0.2) is 5.43 Å². The summed E-state index contributed by atoms with van der Waals surface area (Å²) in [6, 6.07) is 17.0. The summed E-state index contributed by atoms with van der Waals surface area (Å²) in [5.74, 6) is -0.626. The van der Waals surface area contributed by atoms with E-state index in [1.807, 2.05) is 24.4 Å². The summed E-state index contributed by atoms with van der Waals surface area (Å²) in [5.41, 5.74) is 3.54. The van der Waals surface area contributed by atoms with Crippen LogP contribution in [-0.4, -0.2) is 29.7 Å². The van der Waals surface area contributed by atoms with Gasteiger partial charge in [0.15, 0.2) is 11.5 Å². The van der Waals surface area contributed by atoms with E-state index in [1.165, 1.54) is 23.6 Å². The summed E-state index contributed by atoms with van der Waals surface area (Å²) < 4.78 is 5.33. The van der Waals surface area contributed by atoms with Crippen molar-refractivity contribution < 1.29 is 19.4 Å². The van der Waals surface area contributed by atoms with Crippen molar-refractivity contribution in [1.82, 2.24) is 10.7 Å². The van der Waals surface area contributed by atoms with Gasteiger partial charge in [0, 0.05) is 10.4 Å². The van der Waals surface area contributed by atoms with Gasteiger partial charge in [0.25, 0.3) is 11.8 Å². The molecule has 0 unspecified atom stereocenters. The van der Waals surface area contributed by atoms with E-state index in [0.717, 1.165) is 4.88 Å². The Kier molecular flexibility index (Phi) is 7.56. The van der Waals surface area contributed by atoms with Gasteiger partial charge in [0.2, 0.25) is 0 Å². The van der Waals surface area contributed by atoms with Gasteiger partial charge in [-0.15, -0.1) is 11.3 Å². The minimum Gasteiger partial charge on any atom is -0.504 e. The lowest BCUT2D eigenvalue weighted by molar-refractivity contribution is -0.117. The molecule has 158 valence electrons. The summed E-state index contributed by atoms with van der Waals surface area (Å²) in [4.78, 5) is 26.0. The van der Waals surface area contributed by atoms with Crippen LogP contribution in [0.1, 0.15) is 27.7 Å². The maximum Gasteiger partial charge on any atom is 0.287 e. The van der Waals surface area contributed by atoms with Crippen LogP contribution < -0.4 is 15.5 Å². The first-order chi connectivity index (χ1) is 15.1. The number of nitrogens with zero attached hydrogens (tertiary/aromatic N) is 1. The molecule has 8 heteroatoms. The van der Waals surface area contributed by atoms with Crippen molar-refractivity contribution in [3.63, 3.8) is 0 Å². The number of thiophene rings is 1. The number of hydrogen-bond donors (Lipinski definition) is 3. The zero-order valence-corrected chi connectivity index (χ0v) is 17.6. The van der Waals surface area contributed by atoms with Crippen molar-refractivity contribution in [2.75, 3.05) is 6.61 Å². The molecule has 0 aliphatic heterocycles. The number of carbonyl (C=O) groups excluding carboxylic acids is 2. The highest BCUT2D eigenvalue weighted by Gasteiger charge is 2.14. The lowest BCUT2D eigenvalue weighted by atomic mass is 10.2. The van der Waals surface area contributed by atoms with Crippen molar-refractivity contribution in [1.29, 1.82) is 0 Å². The Morgan fingerprint density at radius 1 is 1.13 bits per heavy atom. The second kappa shape index (κ2) is 10.7. The van der Waals surface area contributed by atoms with Crippen LogP contribution in [-0.2, 0) is 4.79 Å². The number of amides is 2. The third-order valence-corrected chi connectivity index (χ3v) is 4.84. The number of rotatable bonds is 8. The maximum absolute atomic E-state index is 12.7. The Morgan fingerprint density at radius 2 is 1.94 bits per heavy atom. The smallest absolute Gasteiger partial charge is 0.287 e. The molecule has 31 heavy (non-hydrogen) atoms. The molecule has 3 rings (SSSR count). The van der Waals surface area contributed by atoms with Crippen LogP contribution in [0.4, 0.5) is 0 Å². The fourth-order valence-electron chi connectivity index (χ4n) is 2.57. The van der Waals surface area contributed by atoms with E-state index in [1.54, 1.807) is 48.5 Å². The minimum atomic E-state index is -0.572. The molecule has 3 N–H and O–H groups in total. The van der Waals surface area contributed by atoms with Crippen LogP contribution in [0.3, 0.4) is 0 Å². The van der Waals surface area contributed by atoms with Crippen molar-refractivity contribution in [2.24, 2.45) is 5.10 Å². The van der Waals surface area contributed by atoms with Crippen molar-refractivity contribution >= 4 is 35.4 Å². The number of phenolic OH excluding ortho intramolecular Hbond substituents is 1. The standard InChI is InChI=1S/C23H21N3O4S/c1-2-30-21-13-16(10-11-20(21)27)15-24-26-23(29)19(14-18-9-6-12-31-18)25-22(28)17-7-4-3-5-8-17/h3-15,27H,2H2,1H3,(H,25,28)(H,26,29)/b19-14+,24-15+. The van der Waals surface area contributed by atoms with Gasteiger partial charge < -0.3 is 15.2 Å². The van der Waals surface area contributed by atoms with E-state index in [-0.39, 0.29) is 11.4 Å². The normalized spacial score (nSPS) is 11.3. The fourth-order valence-corrected chi connectivity index (χ4v) is 3.22. The highest BCUT2D eigenvalue weighted by Crippen LogP contribution is 2.26. The number of hydrogen-bond acceptors (Lipinski definition) is 6. The molecular weight excluding hydrogens is 414 g/mol. The van der Waals surface area contributed by atoms with Gasteiger partial charge in [-0.3, -0.25) is 9.59 Å². The zero-order valence-electron chi connectivity index (χ0n) is 16.7. The number of ether oxygens (including phenoxy) is 1. The molecule has 0 fully saturated rings. The SMILES string of the molecule is CCOc1cc(/C=N/NC(=O)/C(=C\c2cccs2)NC(=O)c2ccccc2)ccc1O. The Morgan fingerprint density at radius 3 is 2.65 bits per heavy atom. The van der Waals surface area contributed by atoms with E-state index in [4.69, 9.17) is 4.74 Å². The fraction of sp³-hybridized carbons (Fsp3) is 0.0870. The molecule has 0 atom stereocenters. The second-order valence-electron chi connectivity index (χ2n) is 6.25. The molecule has 2 amide bonds. The molecule has 0 radical (unpaired) electrons. The quantitative estimate of drug-likeness (QED) is 0.285. The monoisotopic (exact) mass is 435 g/mol. The third-order valence-electron chi connectivity index (χ3n) is 4.02. The molecule has 7 nitrogen and oxygen atoms in total. The molecule has 0 bridgehead atoms. The van der Waals surface area contributed by atoms with Gasteiger partial charge >= 0.3 is 0 Å². The molecule has 0 saturated heterocycles. The maximum atomic E-state index is 12.7. The number of phenols is 1. The molecule has 0 spiro atoms. The van der Waals surface area contributed by atoms with Crippen molar-refractivity contribution in [3.05, 3.63) is 87.7 Å². The summed E-state index contributed by atoms with van der Waals surface area (Å²) in [6.45, 7) is 2.22. The predicted octanol–water partition coefficient (Wildman–Crippen LogP) is 3.77. The van der Waals surface area contributed by atoms with Crippen LogP contribution in [0.25, 0.3) is 6.08 Å². The first-order valence-corrected chi connectivity index (χ1v) is 10.4. The van der Waals surface area contributed by atoms with Crippen LogP contribution in [0.5, 0.6) is 11.5 Å². The predicted molar refractivity (Wildman–Crippen MR) is 121 cm³/mol. The highest BCUT2D eigenvalue weighted by atomic mass is 32.1. The minimum absolute atomic E-state index is 0.0211. The lowest BCUT2D eigenvalue weighted by Crippen LogP contribution is -2.32. The Balaban J connectivity index is 1.73. The second-order valence-corrected chi connectivity index (χ2v) is 7.23. The van der Waals surface area contributed by atoms with Crippen LogP contribution in [0, 0.1) is 0 Å². The van der Waals surface area contributed by atoms with E-state index in [2.05, 4.69) is 15.8 Å². The Labute approximate surface area is 183 Å². The molecule has 1 aromatic heterocycles. The number of aromatic hydroxyl groups is 1. The van der Waals surface area contributed by atoms with E-state index >= 15 is 0 Å². The number of carbonyl (C=O) groups is 2. The topological polar surface area (TPSA) is 100 Å². The summed E-state index contributed by atoms with van der Waals surface area (Å²) in [6.07, 6.45) is 3.01. The van der Waals surface area contributed by atoms with Gasteiger partial charge in [0.1, 0.15) is 5.70 Å². The molecule has 1 heterocycles. The average molecular weight is 436 g/mol. The Hall–Kier alpha value is -3.91. The lowest BCUT2D eigenvalue weighted by Gasteiger charge is -2.09. The van der Waals surface area contributed by atoms with Crippen molar-refractivity contribution in [3.8, 4) is 11.5 Å². The van der Waals surface area contributed by atoms with E-state index < -0.39 is 11.8 Å². The molecule has 3 aromatic rings. The molecule has 0 aliphatic rings. The van der Waals surface area contributed by atoms with Gasteiger partial charge in [-0.05, 0) is 60.3 Å². The highest BCUT2D eigenvalue weighted by molar-refractivity contribution is 7.10. The molecule has 2 aromatic carbocycles. The largest absolute Gasteiger partial charge is 0.504 e. The van der Waals surface area contributed by atoms with Crippen molar-refractivity contribution in [2.45, 2.75) is 6.92 Å².